The van der Waals surface area contributed by atoms with Gasteiger partial charge in [-0.15, -0.1) is 0 Å². The molecule has 1 aliphatic rings. The smallest absolute Gasteiger partial charge is 0.279 e. The molecule has 0 saturated heterocycles. The lowest BCUT2D eigenvalue weighted by atomic mass is 10.1. The van der Waals surface area contributed by atoms with Gasteiger partial charge >= 0.3 is 0 Å². The van der Waals surface area contributed by atoms with Crippen LogP contribution in [-0.2, 0) is 11.3 Å². The molecule has 0 unspecified atom stereocenters. The number of anilines is 1. The first-order valence-electron chi connectivity index (χ1n) is 9.71. The summed E-state index contributed by atoms with van der Waals surface area (Å²) in [5, 5.41) is 5.26. The first-order chi connectivity index (χ1) is 14.4. The predicted octanol–water partition coefficient (Wildman–Crippen LogP) is 1.91. The second-order valence-electron chi connectivity index (χ2n) is 7.24. The van der Waals surface area contributed by atoms with Gasteiger partial charge in [0.25, 0.3) is 17.4 Å². The summed E-state index contributed by atoms with van der Waals surface area (Å²) in [6, 6.07) is 14.0. The van der Waals surface area contributed by atoms with E-state index in [2.05, 4.69) is 5.10 Å². The highest BCUT2D eigenvalue weighted by Gasteiger charge is 2.36. The van der Waals surface area contributed by atoms with E-state index in [1.807, 2.05) is 0 Å². The Morgan fingerprint density at radius 1 is 1.10 bits per heavy atom. The summed E-state index contributed by atoms with van der Waals surface area (Å²) in [5.74, 6) is -0.176. The molecule has 4 rings (SSSR count). The number of ether oxygens (including phenoxy) is 1. The minimum atomic E-state index is -0.831. The number of fused-ring (bicyclic) bond motifs is 2. The molecule has 2 heterocycles. The number of aromatic nitrogens is 2. The van der Waals surface area contributed by atoms with Crippen LogP contribution in [0.4, 0.5) is 5.69 Å². The van der Waals surface area contributed by atoms with E-state index in [1.54, 1.807) is 69.6 Å². The summed E-state index contributed by atoms with van der Waals surface area (Å²) < 4.78 is 7.14. The van der Waals surface area contributed by atoms with Gasteiger partial charge in [-0.05, 0) is 25.1 Å². The third-order valence-electron chi connectivity index (χ3n) is 5.10. The van der Waals surface area contributed by atoms with Crippen LogP contribution >= 0.6 is 0 Å². The summed E-state index contributed by atoms with van der Waals surface area (Å²) in [4.78, 5) is 41.8. The maximum absolute atomic E-state index is 13.7. The molecule has 0 fully saturated rings. The van der Waals surface area contributed by atoms with E-state index in [0.717, 1.165) is 0 Å². The zero-order valence-electron chi connectivity index (χ0n) is 17.0. The van der Waals surface area contributed by atoms with Crippen molar-refractivity contribution in [2.45, 2.75) is 19.6 Å². The lowest BCUT2D eigenvalue weighted by Gasteiger charge is -2.35. The molecule has 0 aliphatic carbocycles. The number of nitrogens with zero attached hydrogens (tertiary/aromatic N) is 4. The number of aryl methyl sites for hydroxylation is 1. The van der Waals surface area contributed by atoms with Crippen molar-refractivity contribution in [3.8, 4) is 5.75 Å². The van der Waals surface area contributed by atoms with Gasteiger partial charge in [0.15, 0.2) is 11.8 Å². The van der Waals surface area contributed by atoms with Crippen LogP contribution in [0.3, 0.4) is 0 Å². The Morgan fingerprint density at radius 3 is 2.47 bits per heavy atom. The third-order valence-corrected chi connectivity index (χ3v) is 5.10. The molecular formula is C22H22N4O4. The van der Waals surface area contributed by atoms with Crippen LogP contribution in [-0.4, -0.2) is 53.2 Å². The number of carbonyl (C=O) groups is 2. The van der Waals surface area contributed by atoms with E-state index >= 15 is 0 Å². The molecule has 2 amide bonds. The Balaban J connectivity index is 1.86. The SMILES string of the molecule is CCn1nc(C(=O)N2C[C@@H](C(=O)N(C)C)Oc3ccccc32)c2ccccc2c1=O. The summed E-state index contributed by atoms with van der Waals surface area (Å²) in [7, 11) is 3.29. The van der Waals surface area contributed by atoms with Gasteiger partial charge < -0.3 is 9.64 Å². The fourth-order valence-electron chi connectivity index (χ4n) is 3.58. The van der Waals surface area contributed by atoms with Crippen LogP contribution in [0.15, 0.2) is 53.3 Å². The van der Waals surface area contributed by atoms with Gasteiger partial charge in [0, 0.05) is 26.0 Å². The number of hydrogen-bond acceptors (Lipinski definition) is 5. The van der Waals surface area contributed by atoms with Crippen molar-refractivity contribution in [3.63, 3.8) is 0 Å². The van der Waals surface area contributed by atoms with Crippen LogP contribution in [0.2, 0.25) is 0 Å². The van der Waals surface area contributed by atoms with Gasteiger partial charge in [-0.2, -0.15) is 5.10 Å². The van der Waals surface area contributed by atoms with Crippen molar-refractivity contribution in [1.29, 1.82) is 0 Å². The molecule has 0 saturated carbocycles. The first-order valence-corrected chi connectivity index (χ1v) is 9.71. The Kier molecular flexibility index (Phi) is 4.99. The predicted molar refractivity (Wildman–Crippen MR) is 113 cm³/mol. The Morgan fingerprint density at radius 2 is 1.77 bits per heavy atom. The second kappa shape index (κ2) is 7.62. The fourth-order valence-corrected chi connectivity index (χ4v) is 3.58. The average molecular weight is 406 g/mol. The molecule has 3 aromatic rings. The molecule has 0 N–H and O–H groups in total. The van der Waals surface area contributed by atoms with Crippen LogP contribution < -0.4 is 15.2 Å². The second-order valence-corrected chi connectivity index (χ2v) is 7.24. The minimum Gasteiger partial charge on any atom is -0.476 e. The topological polar surface area (TPSA) is 84.7 Å². The fraction of sp³-hybridized carbons (Fsp3) is 0.273. The molecule has 1 atom stereocenters. The van der Waals surface area contributed by atoms with Crippen molar-refractivity contribution < 1.29 is 14.3 Å². The highest BCUT2D eigenvalue weighted by atomic mass is 16.5. The van der Waals surface area contributed by atoms with Crippen molar-refractivity contribution in [2.75, 3.05) is 25.5 Å². The van der Waals surface area contributed by atoms with E-state index < -0.39 is 6.10 Å². The van der Waals surface area contributed by atoms with E-state index in [1.165, 1.54) is 14.5 Å². The van der Waals surface area contributed by atoms with Gasteiger partial charge in [-0.1, -0.05) is 30.3 Å². The molecule has 0 bridgehead atoms. The van der Waals surface area contributed by atoms with Crippen LogP contribution in [0.1, 0.15) is 17.4 Å². The van der Waals surface area contributed by atoms with Gasteiger partial charge in [-0.3, -0.25) is 19.3 Å². The molecule has 154 valence electrons. The molecular weight excluding hydrogens is 384 g/mol. The molecule has 2 aromatic carbocycles. The zero-order valence-corrected chi connectivity index (χ0v) is 17.0. The molecule has 8 nitrogen and oxygen atoms in total. The molecule has 1 aromatic heterocycles. The maximum atomic E-state index is 13.7. The number of rotatable bonds is 3. The van der Waals surface area contributed by atoms with Crippen LogP contribution in [0.25, 0.3) is 10.8 Å². The van der Waals surface area contributed by atoms with E-state index in [-0.39, 0.29) is 29.6 Å². The lowest BCUT2D eigenvalue weighted by molar-refractivity contribution is -0.135. The zero-order chi connectivity index (χ0) is 21.4. The van der Waals surface area contributed by atoms with Gasteiger partial charge in [0.1, 0.15) is 5.75 Å². The first kappa shape index (κ1) is 19.6. The van der Waals surface area contributed by atoms with Crippen molar-refractivity contribution in [3.05, 3.63) is 64.6 Å². The number of likely N-dealkylation sites (N-methyl/N-ethyl adjacent to an activating group) is 1. The maximum Gasteiger partial charge on any atom is 0.279 e. The monoisotopic (exact) mass is 406 g/mol. The Hall–Kier alpha value is -3.68. The third kappa shape index (κ3) is 3.20. The minimum absolute atomic E-state index is 0.0497. The summed E-state index contributed by atoms with van der Waals surface area (Å²) in [6.45, 7) is 2.19. The van der Waals surface area contributed by atoms with E-state index in [0.29, 0.717) is 28.8 Å². The summed E-state index contributed by atoms with van der Waals surface area (Å²) in [6.07, 6.45) is -0.831. The number of amides is 2. The van der Waals surface area contributed by atoms with Gasteiger partial charge in [0.2, 0.25) is 0 Å². The molecule has 30 heavy (non-hydrogen) atoms. The largest absolute Gasteiger partial charge is 0.476 e. The lowest BCUT2D eigenvalue weighted by Crippen LogP contribution is -2.50. The van der Waals surface area contributed by atoms with E-state index in [4.69, 9.17) is 4.74 Å². The normalized spacial score (nSPS) is 15.4. The van der Waals surface area contributed by atoms with Gasteiger partial charge in [-0.25, -0.2) is 4.68 Å². The summed E-state index contributed by atoms with van der Waals surface area (Å²) >= 11 is 0. The van der Waals surface area contributed by atoms with Crippen LogP contribution in [0, 0.1) is 0 Å². The Bertz CT molecular complexity index is 1200. The quantitative estimate of drug-likeness (QED) is 0.663. The van der Waals surface area contributed by atoms with Crippen LogP contribution in [0.5, 0.6) is 5.75 Å². The number of benzene rings is 2. The van der Waals surface area contributed by atoms with Crippen molar-refractivity contribution in [2.24, 2.45) is 0 Å². The number of hydrogen-bond donors (Lipinski definition) is 0. The number of para-hydroxylation sites is 2. The molecule has 0 spiro atoms. The van der Waals surface area contributed by atoms with Crippen molar-refractivity contribution >= 4 is 28.3 Å². The highest BCUT2D eigenvalue weighted by Crippen LogP contribution is 2.34. The summed E-state index contributed by atoms with van der Waals surface area (Å²) in [5.41, 5.74) is 0.484. The molecule has 8 heteroatoms. The number of carbonyl (C=O) groups excluding carboxylic acids is 2. The average Bonchev–Trinajstić information content (AvgIpc) is 2.77. The standard InChI is InChI=1S/C22H22N4O4/c1-4-26-20(27)15-10-6-5-9-14(15)19(23-26)22(29)25-13-18(21(28)24(2)3)30-17-12-8-7-11-16(17)25/h5-12,18H,4,13H2,1-3H3/t18-/m0/s1. The molecule has 1 aliphatic heterocycles. The van der Waals surface area contributed by atoms with Crippen molar-refractivity contribution in [1.82, 2.24) is 14.7 Å². The van der Waals surface area contributed by atoms with Gasteiger partial charge in [0.05, 0.1) is 17.6 Å². The molecule has 0 radical (unpaired) electrons. The highest BCUT2D eigenvalue weighted by molar-refractivity contribution is 6.13. The van der Waals surface area contributed by atoms with E-state index in [9.17, 15) is 14.4 Å². The Labute approximate surface area is 173 Å².